The van der Waals surface area contributed by atoms with E-state index in [2.05, 4.69) is 20.7 Å². The van der Waals surface area contributed by atoms with Crippen LogP contribution in [0.15, 0.2) is 85.2 Å². The highest BCUT2D eigenvalue weighted by Gasteiger charge is 2.37. The van der Waals surface area contributed by atoms with Crippen molar-refractivity contribution in [3.05, 3.63) is 93.0 Å². The molecule has 1 amide bonds. The molecule has 4 rings (SSSR count). The molecule has 2 heterocycles. The Kier molecular flexibility index (Phi) is 9.36. The maximum atomic E-state index is 13.5. The number of amides is 1. The first kappa shape index (κ1) is 30.1. The summed E-state index contributed by atoms with van der Waals surface area (Å²) in [4.78, 5) is 27.8. The fraction of sp³-hybridized carbons (Fsp3) is 0.241. The van der Waals surface area contributed by atoms with Crippen LogP contribution in [-0.4, -0.2) is 53.1 Å². The van der Waals surface area contributed by atoms with Gasteiger partial charge in [0.2, 0.25) is 10.0 Å². The molecular formula is C29H29BrN2O8S. The van der Waals surface area contributed by atoms with E-state index in [1.165, 1.54) is 30.2 Å². The van der Waals surface area contributed by atoms with Gasteiger partial charge in [0.15, 0.2) is 11.5 Å². The van der Waals surface area contributed by atoms with Crippen molar-refractivity contribution in [1.29, 1.82) is 0 Å². The number of carbonyl (C=O) groups is 2. The van der Waals surface area contributed by atoms with Gasteiger partial charge in [-0.25, -0.2) is 17.9 Å². The second-order valence-corrected chi connectivity index (χ2v) is 11.7. The van der Waals surface area contributed by atoms with Crippen LogP contribution in [0.3, 0.4) is 0 Å². The molecule has 2 aromatic carbocycles. The van der Waals surface area contributed by atoms with E-state index in [0.717, 1.165) is 10.0 Å². The summed E-state index contributed by atoms with van der Waals surface area (Å²) in [7, 11) is 0.594. The highest BCUT2D eigenvalue weighted by Crippen LogP contribution is 2.33. The topological polar surface area (TPSA) is 124 Å². The van der Waals surface area contributed by atoms with Crippen LogP contribution in [0.1, 0.15) is 24.0 Å². The minimum atomic E-state index is -3.76. The van der Waals surface area contributed by atoms with Crippen molar-refractivity contribution in [3.63, 3.8) is 0 Å². The Hall–Kier alpha value is -3.87. The van der Waals surface area contributed by atoms with E-state index in [4.69, 9.17) is 18.6 Å². The fourth-order valence-corrected chi connectivity index (χ4v) is 5.60. The second-order valence-electron chi connectivity index (χ2n) is 8.99. The van der Waals surface area contributed by atoms with Gasteiger partial charge in [-0.3, -0.25) is 4.79 Å². The number of halogens is 1. The molecule has 1 aliphatic rings. The predicted molar refractivity (Wildman–Crippen MR) is 155 cm³/mol. The fourth-order valence-electron chi connectivity index (χ4n) is 4.35. The molecular weight excluding hydrogens is 616 g/mol. The van der Waals surface area contributed by atoms with E-state index in [-0.39, 0.29) is 34.3 Å². The summed E-state index contributed by atoms with van der Waals surface area (Å²) >= 11 is 3.28. The molecule has 10 nitrogen and oxygen atoms in total. The van der Waals surface area contributed by atoms with Crippen molar-refractivity contribution >= 4 is 43.9 Å². The zero-order valence-corrected chi connectivity index (χ0v) is 25.3. The smallest absolute Gasteiger partial charge is 0.340 e. The van der Waals surface area contributed by atoms with E-state index in [1.54, 1.807) is 51.5 Å². The number of ether oxygens (including phenoxy) is 3. The first-order chi connectivity index (χ1) is 19.6. The minimum absolute atomic E-state index is 0.105. The first-order valence-electron chi connectivity index (χ1n) is 12.5. The highest BCUT2D eigenvalue weighted by molar-refractivity contribution is 9.10. The van der Waals surface area contributed by atoms with Crippen molar-refractivity contribution in [2.75, 3.05) is 27.9 Å². The van der Waals surface area contributed by atoms with Gasteiger partial charge in [-0.05, 0) is 73.5 Å². The summed E-state index contributed by atoms with van der Waals surface area (Å²) < 4.78 is 49.8. The summed E-state index contributed by atoms with van der Waals surface area (Å²) in [5.74, 6) is 0.757. The second kappa shape index (κ2) is 12.8. The Morgan fingerprint density at radius 1 is 1.02 bits per heavy atom. The molecule has 0 saturated carbocycles. The predicted octanol–water partition coefficient (Wildman–Crippen LogP) is 4.45. The Morgan fingerprint density at radius 2 is 1.73 bits per heavy atom. The standard InChI is InChI=1S/C29H29BrN2O8S/c1-18-27(29(34)39-4)24(28(33)32(18)14-13-19-5-12-25(37-2)26(15-19)38-3)16-21-8-9-22(40-21)17-31-41(35,36)23-10-6-20(30)7-11-23/h5-12,15-16,31H,13-14,17H2,1-4H3/b24-16+. The number of rotatable bonds is 11. The molecule has 1 N–H and O–H groups in total. The van der Waals surface area contributed by atoms with Crippen molar-refractivity contribution in [2.45, 2.75) is 24.8 Å². The highest BCUT2D eigenvalue weighted by atomic mass is 79.9. The maximum Gasteiger partial charge on any atom is 0.340 e. The first-order valence-corrected chi connectivity index (χ1v) is 14.7. The lowest BCUT2D eigenvalue weighted by Crippen LogP contribution is -2.27. The summed E-state index contributed by atoms with van der Waals surface area (Å²) in [5.41, 5.74) is 1.64. The molecule has 0 saturated heterocycles. The van der Waals surface area contributed by atoms with Crippen LogP contribution in [0.4, 0.5) is 0 Å². The molecule has 41 heavy (non-hydrogen) atoms. The third-order valence-electron chi connectivity index (χ3n) is 6.50. The number of carbonyl (C=O) groups excluding carboxylic acids is 2. The third-order valence-corrected chi connectivity index (χ3v) is 8.45. The van der Waals surface area contributed by atoms with Crippen molar-refractivity contribution in [1.82, 2.24) is 9.62 Å². The normalized spacial score (nSPS) is 14.6. The summed E-state index contributed by atoms with van der Waals surface area (Å²) in [6.45, 7) is 1.88. The zero-order valence-electron chi connectivity index (χ0n) is 22.9. The Morgan fingerprint density at radius 3 is 2.39 bits per heavy atom. The van der Waals surface area contributed by atoms with Crippen LogP contribution in [-0.2, 0) is 37.3 Å². The van der Waals surface area contributed by atoms with E-state index in [9.17, 15) is 18.0 Å². The third kappa shape index (κ3) is 6.72. The lowest BCUT2D eigenvalue weighted by molar-refractivity contribution is -0.136. The molecule has 0 bridgehead atoms. The lowest BCUT2D eigenvalue weighted by Gasteiger charge is -2.18. The van der Waals surface area contributed by atoms with Gasteiger partial charge in [-0.1, -0.05) is 22.0 Å². The van der Waals surface area contributed by atoms with E-state index in [0.29, 0.717) is 35.9 Å². The monoisotopic (exact) mass is 644 g/mol. The number of allylic oxidation sites excluding steroid dienone is 1. The van der Waals surface area contributed by atoms with Gasteiger partial charge in [0.1, 0.15) is 11.5 Å². The van der Waals surface area contributed by atoms with Crippen molar-refractivity contribution in [2.24, 2.45) is 0 Å². The summed E-state index contributed by atoms with van der Waals surface area (Å²) in [5, 5.41) is 0. The molecule has 0 spiro atoms. The van der Waals surface area contributed by atoms with Gasteiger partial charge < -0.3 is 23.5 Å². The van der Waals surface area contributed by atoms with Gasteiger partial charge in [0.25, 0.3) is 5.91 Å². The molecule has 0 fully saturated rings. The molecule has 1 aliphatic heterocycles. The molecule has 3 aromatic rings. The van der Waals surface area contributed by atoms with Gasteiger partial charge in [-0.2, -0.15) is 0 Å². The number of hydrogen-bond donors (Lipinski definition) is 1. The van der Waals surface area contributed by atoms with Crippen LogP contribution >= 0.6 is 15.9 Å². The largest absolute Gasteiger partial charge is 0.493 e. The quantitative estimate of drug-likeness (QED) is 0.240. The Labute approximate surface area is 246 Å². The maximum absolute atomic E-state index is 13.5. The molecule has 12 heteroatoms. The number of esters is 1. The van der Waals surface area contributed by atoms with Crippen molar-refractivity contribution < 1.29 is 36.6 Å². The summed E-state index contributed by atoms with van der Waals surface area (Å²) in [6.07, 6.45) is 1.95. The Balaban J connectivity index is 1.52. The Bertz CT molecular complexity index is 1620. The van der Waals surface area contributed by atoms with Gasteiger partial charge in [-0.15, -0.1) is 0 Å². The average Bonchev–Trinajstić information content (AvgIpc) is 3.51. The number of benzene rings is 2. The molecule has 1 aromatic heterocycles. The van der Waals surface area contributed by atoms with Gasteiger partial charge in [0, 0.05) is 16.7 Å². The molecule has 0 radical (unpaired) electrons. The zero-order chi connectivity index (χ0) is 29.7. The lowest BCUT2D eigenvalue weighted by atomic mass is 10.1. The van der Waals surface area contributed by atoms with E-state index >= 15 is 0 Å². The van der Waals surface area contributed by atoms with Gasteiger partial charge in [0.05, 0.1) is 43.9 Å². The number of methoxy groups -OCH3 is 3. The summed E-state index contributed by atoms with van der Waals surface area (Å²) in [6, 6.07) is 14.9. The minimum Gasteiger partial charge on any atom is -0.493 e. The number of nitrogens with one attached hydrogen (secondary N) is 1. The molecule has 0 aliphatic carbocycles. The molecule has 0 unspecified atom stereocenters. The number of sulfonamides is 1. The van der Waals surface area contributed by atoms with Crippen LogP contribution in [0.5, 0.6) is 11.5 Å². The SMILES string of the molecule is COC(=O)C1=C(C)N(CCc2ccc(OC)c(OC)c2)C(=O)/C1=C/c1ccc(CNS(=O)(=O)c2ccc(Br)cc2)o1. The van der Waals surface area contributed by atoms with Crippen LogP contribution < -0.4 is 14.2 Å². The van der Waals surface area contributed by atoms with Gasteiger partial charge >= 0.3 is 5.97 Å². The number of furan rings is 1. The molecule has 216 valence electrons. The molecule has 0 atom stereocenters. The van der Waals surface area contributed by atoms with Crippen LogP contribution in [0.25, 0.3) is 6.08 Å². The number of nitrogens with zero attached hydrogens (tertiary/aromatic N) is 1. The average molecular weight is 646 g/mol. The van der Waals surface area contributed by atoms with Crippen LogP contribution in [0, 0.1) is 0 Å². The van der Waals surface area contributed by atoms with Crippen molar-refractivity contribution in [3.8, 4) is 11.5 Å². The van der Waals surface area contributed by atoms with Crippen LogP contribution in [0.2, 0.25) is 0 Å². The van der Waals surface area contributed by atoms with E-state index in [1.807, 2.05) is 12.1 Å². The number of hydrogen-bond acceptors (Lipinski definition) is 8. The van der Waals surface area contributed by atoms with E-state index < -0.39 is 16.0 Å².